The molecule has 62 valence electrons. The van der Waals surface area contributed by atoms with Crippen LogP contribution in [0, 0.1) is 0 Å². The molecule has 0 heterocycles. The van der Waals surface area contributed by atoms with Crippen molar-refractivity contribution in [3.05, 3.63) is 55.3 Å². The van der Waals surface area contributed by atoms with Crippen molar-refractivity contribution in [1.82, 2.24) is 0 Å². The summed E-state index contributed by atoms with van der Waals surface area (Å²) in [7, 11) is -0.925. The van der Waals surface area contributed by atoms with Crippen molar-refractivity contribution in [1.29, 1.82) is 0 Å². The number of benzene rings is 1. The fourth-order valence-corrected chi connectivity index (χ4v) is 3.06. The lowest BCUT2D eigenvalue weighted by molar-refractivity contribution is 1.66. The van der Waals surface area contributed by atoms with E-state index in [9.17, 15) is 0 Å². The van der Waals surface area contributed by atoms with Crippen LogP contribution in [0.1, 0.15) is 0 Å². The van der Waals surface area contributed by atoms with Gasteiger partial charge in [0.25, 0.3) is 0 Å². The molecular formula is C11H14Si. The standard InChI is InChI=1S/C11H14Si/c1-3-10-12(4-2)11-8-6-5-7-9-11/h3-9,12H,1-2,10H2. The largest absolute Gasteiger partial charge is 0.107 e. The van der Waals surface area contributed by atoms with Crippen molar-refractivity contribution in [2.75, 3.05) is 0 Å². The molecule has 0 saturated heterocycles. The summed E-state index contributed by atoms with van der Waals surface area (Å²) in [6.07, 6.45) is 1.99. The second kappa shape index (κ2) is 4.73. The maximum atomic E-state index is 3.87. The van der Waals surface area contributed by atoms with Crippen molar-refractivity contribution >= 4 is 14.0 Å². The van der Waals surface area contributed by atoms with Crippen LogP contribution in [-0.4, -0.2) is 8.80 Å². The van der Waals surface area contributed by atoms with Crippen LogP contribution in [0.4, 0.5) is 0 Å². The van der Waals surface area contributed by atoms with Crippen LogP contribution in [0.25, 0.3) is 0 Å². The van der Waals surface area contributed by atoms with E-state index in [2.05, 4.69) is 43.1 Å². The van der Waals surface area contributed by atoms with Crippen molar-refractivity contribution in [2.45, 2.75) is 6.04 Å². The fraction of sp³-hybridized carbons (Fsp3) is 0.0909. The third-order valence-electron chi connectivity index (χ3n) is 1.93. The second-order valence-electron chi connectivity index (χ2n) is 2.78. The van der Waals surface area contributed by atoms with Crippen LogP contribution >= 0.6 is 0 Å². The first-order valence-electron chi connectivity index (χ1n) is 4.17. The maximum absolute atomic E-state index is 3.87. The van der Waals surface area contributed by atoms with E-state index in [4.69, 9.17) is 0 Å². The minimum atomic E-state index is -0.925. The van der Waals surface area contributed by atoms with E-state index >= 15 is 0 Å². The summed E-state index contributed by atoms with van der Waals surface area (Å²) in [5.41, 5.74) is 2.11. The van der Waals surface area contributed by atoms with Crippen LogP contribution in [-0.2, 0) is 0 Å². The lowest BCUT2D eigenvalue weighted by atomic mass is 10.4. The van der Waals surface area contributed by atoms with Gasteiger partial charge in [0, 0.05) is 0 Å². The summed E-state index contributed by atoms with van der Waals surface area (Å²) < 4.78 is 0. The molecule has 0 saturated carbocycles. The van der Waals surface area contributed by atoms with Gasteiger partial charge in [-0.05, 0) is 6.04 Å². The molecule has 0 radical (unpaired) electrons. The van der Waals surface area contributed by atoms with E-state index in [1.807, 2.05) is 12.1 Å². The second-order valence-corrected chi connectivity index (χ2v) is 5.60. The Hall–Kier alpha value is -1.08. The Labute approximate surface area is 75.9 Å². The van der Waals surface area contributed by atoms with Crippen LogP contribution in [0.15, 0.2) is 55.3 Å². The van der Waals surface area contributed by atoms with Gasteiger partial charge in [0.15, 0.2) is 0 Å². The highest BCUT2D eigenvalue weighted by Crippen LogP contribution is 1.96. The molecule has 1 aromatic rings. The van der Waals surface area contributed by atoms with Gasteiger partial charge in [-0.15, -0.1) is 13.2 Å². The summed E-state index contributed by atoms with van der Waals surface area (Å²) in [5, 5.41) is 1.45. The zero-order valence-electron chi connectivity index (χ0n) is 7.24. The van der Waals surface area contributed by atoms with E-state index < -0.39 is 8.80 Å². The van der Waals surface area contributed by atoms with Crippen LogP contribution in [0.2, 0.25) is 6.04 Å². The molecule has 0 aromatic heterocycles. The molecule has 0 bridgehead atoms. The van der Waals surface area contributed by atoms with E-state index in [0.717, 1.165) is 6.04 Å². The number of allylic oxidation sites excluding steroid dienone is 1. The van der Waals surface area contributed by atoms with Gasteiger partial charge in [0.1, 0.15) is 0 Å². The van der Waals surface area contributed by atoms with Crippen LogP contribution in [0.3, 0.4) is 0 Å². The molecule has 1 rings (SSSR count). The zero-order valence-corrected chi connectivity index (χ0v) is 8.39. The van der Waals surface area contributed by atoms with Gasteiger partial charge in [0.05, 0.1) is 8.80 Å². The smallest absolute Gasteiger partial charge is 0.0971 e. The van der Waals surface area contributed by atoms with E-state index in [0.29, 0.717) is 0 Å². The zero-order chi connectivity index (χ0) is 8.81. The number of hydrogen-bond donors (Lipinski definition) is 0. The predicted octanol–water partition coefficient (Wildman–Crippen LogP) is 2.03. The summed E-state index contributed by atoms with van der Waals surface area (Å²) in [5.74, 6) is 0. The van der Waals surface area contributed by atoms with Gasteiger partial charge in [0.2, 0.25) is 0 Å². The normalized spacial score (nSPS) is 12.0. The molecule has 1 aromatic carbocycles. The third-order valence-corrected chi connectivity index (χ3v) is 4.58. The van der Waals surface area contributed by atoms with Crippen LogP contribution in [0.5, 0.6) is 0 Å². The molecule has 1 atom stereocenters. The summed E-state index contributed by atoms with van der Waals surface area (Å²) in [6.45, 7) is 7.63. The highest BCUT2D eigenvalue weighted by Gasteiger charge is 2.05. The first-order chi connectivity index (χ1) is 5.88. The van der Waals surface area contributed by atoms with Crippen molar-refractivity contribution in [2.24, 2.45) is 0 Å². The SMILES string of the molecule is C=CC[SiH](C=C)c1ccccc1. The molecular weight excluding hydrogens is 160 g/mol. The Morgan fingerprint density at radius 3 is 2.33 bits per heavy atom. The average molecular weight is 174 g/mol. The molecule has 1 unspecified atom stereocenters. The molecule has 0 spiro atoms. The first kappa shape index (κ1) is 9.01. The molecule has 12 heavy (non-hydrogen) atoms. The van der Waals surface area contributed by atoms with Crippen LogP contribution < -0.4 is 5.19 Å². The van der Waals surface area contributed by atoms with Gasteiger partial charge >= 0.3 is 0 Å². The molecule has 0 N–H and O–H groups in total. The van der Waals surface area contributed by atoms with Crippen molar-refractivity contribution < 1.29 is 0 Å². The maximum Gasteiger partial charge on any atom is 0.0971 e. The Morgan fingerprint density at radius 1 is 1.17 bits per heavy atom. The summed E-state index contributed by atoms with van der Waals surface area (Å²) in [4.78, 5) is 0. The van der Waals surface area contributed by atoms with Crippen molar-refractivity contribution in [3.63, 3.8) is 0 Å². The predicted molar refractivity (Wildman–Crippen MR) is 58.4 cm³/mol. The molecule has 0 amide bonds. The van der Waals surface area contributed by atoms with E-state index in [-0.39, 0.29) is 0 Å². The highest BCUT2D eigenvalue weighted by molar-refractivity contribution is 6.78. The quantitative estimate of drug-likeness (QED) is 0.484. The topological polar surface area (TPSA) is 0 Å². The average Bonchev–Trinajstić information content (AvgIpc) is 2.15. The molecule has 0 nitrogen and oxygen atoms in total. The number of rotatable bonds is 4. The molecule has 1 heteroatoms. The minimum absolute atomic E-state index is 0.925. The Bertz CT molecular complexity index is 251. The lowest BCUT2D eigenvalue weighted by Crippen LogP contribution is -2.26. The van der Waals surface area contributed by atoms with E-state index in [1.54, 1.807) is 0 Å². The Balaban J connectivity index is 2.79. The number of hydrogen-bond acceptors (Lipinski definition) is 0. The van der Waals surface area contributed by atoms with Gasteiger partial charge in [-0.3, -0.25) is 0 Å². The molecule has 0 fully saturated rings. The van der Waals surface area contributed by atoms with Crippen molar-refractivity contribution in [3.8, 4) is 0 Å². The summed E-state index contributed by atoms with van der Waals surface area (Å²) in [6, 6.07) is 11.7. The minimum Gasteiger partial charge on any atom is -0.107 e. The summed E-state index contributed by atoms with van der Waals surface area (Å²) >= 11 is 0. The third kappa shape index (κ3) is 2.21. The van der Waals surface area contributed by atoms with E-state index in [1.165, 1.54) is 5.19 Å². The highest BCUT2D eigenvalue weighted by atomic mass is 28.3. The Kier molecular flexibility index (Phi) is 3.55. The van der Waals surface area contributed by atoms with Gasteiger partial charge in [-0.1, -0.05) is 47.3 Å². The molecule has 0 aliphatic heterocycles. The first-order valence-corrected chi connectivity index (χ1v) is 6.23. The molecule has 0 aliphatic carbocycles. The van der Waals surface area contributed by atoms with Gasteiger partial charge in [-0.2, -0.15) is 0 Å². The molecule has 0 aliphatic rings. The monoisotopic (exact) mass is 174 g/mol. The lowest BCUT2D eigenvalue weighted by Gasteiger charge is -2.07. The van der Waals surface area contributed by atoms with Gasteiger partial charge in [-0.25, -0.2) is 0 Å². The van der Waals surface area contributed by atoms with Gasteiger partial charge < -0.3 is 0 Å². The fourth-order valence-electron chi connectivity index (χ4n) is 1.25. The Morgan fingerprint density at radius 2 is 1.83 bits per heavy atom.